The minimum Gasteiger partial charge on any atom is -0.330 e. The quantitative estimate of drug-likeness (QED) is 0.589. The number of allylic oxidation sites excluding steroid dienone is 4. The van der Waals surface area contributed by atoms with E-state index in [0.29, 0.717) is 0 Å². The van der Waals surface area contributed by atoms with Gasteiger partial charge in [-0.1, -0.05) is 36.5 Å². The van der Waals surface area contributed by atoms with Crippen LogP contribution in [0.15, 0.2) is 36.5 Å². The van der Waals surface area contributed by atoms with Gasteiger partial charge in [-0.2, -0.15) is 0 Å². The predicted octanol–water partition coefficient (Wildman–Crippen LogP) is 2.02. The lowest BCUT2D eigenvalue weighted by molar-refractivity contribution is 0.950. The molecule has 0 aromatic rings. The first-order valence-corrected chi connectivity index (χ1v) is 3.46. The van der Waals surface area contributed by atoms with E-state index in [0.717, 1.165) is 13.0 Å². The largest absolute Gasteiger partial charge is 0.330 e. The molecular formula is C9H15N. The van der Waals surface area contributed by atoms with Gasteiger partial charge in [-0.25, -0.2) is 0 Å². The van der Waals surface area contributed by atoms with Crippen molar-refractivity contribution in [1.82, 2.24) is 0 Å². The van der Waals surface area contributed by atoms with Crippen LogP contribution in [0.25, 0.3) is 0 Å². The van der Waals surface area contributed by atoms with Crippen molar-refractivity contribution in [3.05, 3.63) is 36.5 Å². The first-order valence-electron chi connectivity index (χ1n) is 3.46. The Morgan fingerprint density at radius 3 is 2.70 bits per heavy atom. The second-order valence-corrected chi connectivity index (χ2v) is 2.17. The van der Waals surface area contributed by atoms with Crippen molar-refractivity contribution in [3.63, 3.8) is 0 Å². The third-order valence-electron chi connectivity index (χ3n) is 1.17. The van der Waals surface area contributed by atoms with Crippen molar-refractivity contribution >= 4 is 0 Å². The number of hydrogen-bond acceptors (Lipinski definition) is 1. The van der Waals surface area contributed by atoms with Crippen LogP contribution in [0.3, 0.4) is 0 Å². The van der Waals surface area contributed by atoms with Gasteiger partial charge in [0.05, 0.1) is 0 Å². The standard InChI is InChI=1S/C9H15N/c1-3-4-5-6-9(2)7-8-10/h3-6H,1,7-8,10H2,2H3/b5-4-,9-6+. The van der Waals surface area contributed by atoms with Gasteiger partial charge in [0.25, 0.3) is 0 Å². The molecule has 0 heterocycles. The zero-order valence-corrected chi connectivity index (χ0v) is 6.51. The topological polar surface area (TPSA) is 26.0 Å². The van der Waals surface area contributed by atoms with Gasteiger partial charge in [0.15, 0.2) is 0 Å². The Labute approximate surface area is 62.9 Å². The molecular weight excluding hydrogens is 122 g/mol. The molecule has 0 unspecified atom stereocenters. The summed E-state index contributed by atoms with van der Waals surface area (Å²) in [6.07, 6.45) is 8.65. The molecule has 56 valence electrons. The number of hydrogen-bond donors (Lipinski definition) is 1. The highest BCUT2D eigenvalue weighted by atomic mass is 14.5. The molecule has 0 aliphatic carbocycles. The van der Waals surface area contributed by atoms with E-state index in [4.69, 9.17) is 5.73 Å². The predicted molar refractivity (Wildman–Crippen MR) is 46.8 cm³/mol. The van der Waals surface area contributed by atoms with Crippen molar-refractivity contribution in [3.8, 4) is 0 Å². The first kappa shape index (κ1) is 9.18. The maximum absolute atomic E-state index is 5.35. The Balaban J connectivity index is 3.67. The Bertz CT molecular complexity index is 143. The summed E-state index contributed by atoms with van der Waals surface area (Å²) < 4.78 is 0. The molecule has 2 N–H and O–H groups in total. The molecule has 0 saturated heterocycles. The van der Waals surface area contributed by atoms with Crippen molar-refractivity contribution < 1.29 is 0 Å². The Morgan fingerprint density at radius 1 is 1.50 bits per heavy atom. The lowest BCUT2D eigenvalue weighted by Crippen LogP contribution is -1.98. The van der Waals surface area contributed by atoms with Gasteiger partial charge in [-0.05, 0) is 19.9 Å². The summed E-state index contributed by atoms with van der Waals surface area (Å²) >= 11 is 0. The van der Waals surface area contributed by atoms with Gasteiger partial charge < -0.3 is 5.73 Å². The van der Waals surface area contributed by atoms with E-state index in [1.54, 1.807) is 6.08 Å². The molecule has 0 aliphatic heterocycles. The van der Waals surface area contributed by atoms with E-state index < -0.39 is 0 Å². The highest BCUT2D eigenvalue weighted by molar-refractivity contribution is 5.14. The Kier molecular flexibility index (Phi) is 5.79. The van der Waals surface area contributed by atoms with E-state index in [-0.39, 0.29) is 0 Å². The van der Waals surface area contributed by atoms with Crippen molar-refractivity contribution in [2.75, 3.05) is 6.54 Å². The molecule has 0 amide bonds. The van der Waals surface area contributed by atoms with Gasteiger partial charge in [-0.3, -0.25) is 0 Å². The van der Waals surface area contributed by atoms with Crippen LogP contribution in [-0.4, -0.2) is 6.54 Å². The van der Waals surface area contributed by atoms with Crippen molar-refractivity contribution in [1.29, 1.82) is 0 Å². The molecule has 0 bridgehead atoms. The molecule has 0 radical (unpaired) electrons. The summed E-state index contributed by atoms with van der Waals surface area (Å²) in [5, 5.41) is 0. The molecule has 10 heavy (non-hydrogen) atoms. The summed E-state index contributed by atoms with van der Waals surface area (Å²) in [5.41, 5.74) is 6.65. The molecule has 1 heteroatoms. The molecule has 0 aromatic carbocycles. The third kappa shape index (κ3) is 5.32. The van der Waals surface area contributed by atoms with Crippen molar-refractivity contribution in [2.45, 2.75) is 13.3 Å². The van der Waals surface area contributed by atoms with Crippen LogP contribution in [-0.2, 0) is 0 Å². The minimum absolute atomic E-state index is 0.726. The van der Waals surface area contributed by atoms with Gasteiger partial charge in [0.2, 0.25) is 0 Å². The lowest BCUT2D eigenvalue weighted by atomic mass is 10.2. The van der Waals surface area contributed by atoms with E-state index in [2.05, 4.69) is 19.6 Å². The molecule has 0 aliphatic rings. The van der Waals surface area contributed by atoms with Gasteiger partial charge in [-0.15, -0.1) is 0 Å². The normalized spacial score (nSPS) is 12.4. The van der Waals surface area contributed by atoms with Gasteiger partial charge in [0.1, 0.15) is 0 Å². The van der Waals surface area contributed by atoms with E-state index >= 15 is 0 Å². The van der Waals surface area contributed by atoms with Gasteiger partial charge >= 0.3 is 0 Å². The highest BCUT2D eigenvalue weighted by Gasteiger charge is 1.81. The Hall–Kier alpha value is -0.820. The fraction of sp³-hybridized carbons (Fsp3) is 0.333. The van der Waals surface area contributed by atoms with Crippen LogP contribution in [0.2, 0.25) is 0 Å². The molecule has 0 saturated carbocycles. The van der Waals surface area contributed by atoms with Gasteiger partial charge in [0, 0.05) is 0 Å². The number of nitrogens with two attached hydrogens (primary N) is 1. The zero-order chi connectivity index (χ0) is 7.82. The summed E-state index contributed by atoms with van der Waals surface area (Å²) in [7, 11) is 0. The molecule has 0 aromatic heterocycles. The van der Waals surface area contributed by atoms with E-state index in [9.17, 15) is 0 Å². The number of rotatable bonds is 4. The summed E-state index contributed by atoms with van der Waals surface area (Å²) in [5.74, 6) is 0. The van der Waals surface area contributed by atoms with Crippen LogP contribution in [0, 0.1) is 0 Å². The maximum Gasteiger partial charge on any atom is -0.00399 e. The fourth-order valence-corrected chi connectivity index (χ4v) is 0.609. The van der Waals surface area contributed by atoms with Crippen LogP contribution >= 0.6 is 0 Å². The SMILES string of the molecule is C=C/C=C\C=C(/C)CCN. The van der Waals surface area contributed by atoms with Crippen LogP contribution in [0.1, 0.15) is 13.3 Å². The average molecular weight is 137 g/mol. The summed E-state index contributed by atoms with van der Waals surface area (Å²) in [6, 6.07) is 0. The summed E-state index contributed by atoms with van der Waals surface area (Å²) in [4.78, 5) is 0. The van der Waals surface area contributed by atoms with Crippen LogP contribution in [0.5, 0.6) is 0 Å². The highest BCUT2D eigenvalue weighted by Crippen LogP contribution is 1.96. The maximum atomic E-state index is 5.35. The smallest absolute Gasteiger partial charge is 0.00399 e. The fourth-order valence-electron chi connectivity index (χ4n) is 0.609. The molecule has 0 rings (SSSR count). The Morgan fingerprint density at radius 2 is 2.20 bits per heavy atom. The lowest BCUT2D eigenvalue weighted by Gasteiger charge is -1.92. The van der Waals surface area contributed by atoms with E-state index in [1.165, 1.54) is 5.57 Å². The molecule has 0 fully saturated rings. The second kappa shape index (κ2) is 6.30. The first-order chi connectivity index (χ1) is 4.81. The molecule has 0 atom stereocenters. The summed E-state index contributed by atoms with van der Waals surface area (Å²) in [6.45, 7) is 6.36. The van der Waals surface area contributed by atoms with E-state index in [1.807, 2.05) is 12.2 Å². The minimum atomic E-state index is 0.726. The monoisotopic (exact) mass is 137 g/mol. The second-order valence-electron chi connectivity index (χ2n) is 2.17. The van der Waals surface area contributed by atoms with Crippen LogP contribution < -0.4 is 5.73 Å². The molecule has 0 spiro atoms. The zero-order valence-electron chi connectivity index (χ0n) is 6.51. The van der Waals surface area contributed by atoms with Crippen molar-refractivity contribution in [2.24, 2.45) is 5.73 Å². The molecule has 1 nitrogen and oxygen atoms in total. The third-order valence-corrected chi connectivity index (χ3v) is 1.17. The van der Waals surface area contributed by atoms with Crippen LogP contribution in [0.4, 0.5) is 0 Å². The average Bonchev–Trinajstić information content (AvgIpc) is 1.89.